The van der Waals surface area contributed by atoms with E-state index in [9.17, 15) is 0 Å². The highest BCUT2D eigenvalue weighted by Crippen LogP contribution is 2.50. The third-order valence-electron chi connectivity index (χ3n) is 4.64. The SMILES string of the molecule is Cc1cc(Cl)cc2c1N[C@H](c1ccccn1)[C@H]1CC=C[C@H]21. The molecule has 2 nitrogen and oxygen atoms in total. The Morgan fingerprint density at radius 2 is 2.19 bits per heavy atom. The fourth-order valence-electron chi connectivity index (χ4n) is 3.69. The van der Waals surface area contributed by atoms with Crippen LogP contribution in [-0.4, -0.2) is 4.98 Å². The van der Waals surface area contributed by atoms with E-state index >= 15 is 0 Å². The number of hydrogen-bond donors (Lipinski definition) is 1. The van der Waals surface area contributed by atoms with Gasteiger partial charge in [0.1, 0.15) is 0 Å². The molecule has 0 radical (unpaired) electrons. The zero-order valence-corrected chi connectivity index (χ0v) is 12.6. The number of pyridine rings is 1. The number of anilines is 1. The van der Waals surface area contributed by atoms with Crippen molar-refractivity contribution in [2.75, 3.05) is 5.32 Å². The fourth-order valence-corrected chi connectivity index (χ4v) is 3.98. The van der Waals surface area contributed by atoms with Crippen molar-refractivity contribution in [3.8, 4) is 0 Å². The van der Waals surface area contributed by atoms with Crippen LogP contribution in [-0.2, 0) is 0 Å². The van der Waals surface area contributed by atoms with Crippen molar-refractivity contribution >= 4 is 17.3 Å². The van der Waals surface area contributed by atoms with Gasteiger partial charge in [-0.2, -0.15) is 0 Å². The number of hydrogen-bond acceptors (Lipinski definition) is 2. The maximum absolute atomic E-state index is 6.26. The van der Waals surface area contributed by atoms with Crippen LogP contribution in [0.4, 0.5) is 5.69 Å². The molecule has 3 atom stereocenters. The first-order chi connectivity index (χ1) is 10.2. The summed E-state index contributed by atoms with van der Waals surface area (Å²) in [5.74, 6) is 0.955. The van der Waals surface area contributed by atoms with Crippen LogP contribution in [0, 0.1) is 12.8 Å². The van der Waals surface area contributed by atoms with Gasteiger partial charge in [-0.05, 0) is 54.7 Å². The second-order valence-electron chi connectivity index (χ2n) is 5.92. The van der Waals surface area contributed by atoms with Crippen molar-refractivity contribution in [2.45, 2.75) is 25.3 Å². The third kappa shape index (κ3) is 2.06. The Morgan fingerprint density at radius 1 is 1.29 bits per heavy atom. The van der Waals surface area contributed by atoms with Crippen LogP contribution in [0.15, 0.2) is 48.7 Å². The molecule has 0 saturated carbocycles. The Labute approximate surface area is 129 Å². The third-order valence-corrected chi connectivity index (χ3v) is 4.86. The van der Waals surface area contributed by atoms with Gasteiger partial charge in [0, 0.05) is 22.8 Å². The van der Waals surface area contributed by atoms with Crippen molar-refractivity contribution in [3.05, 3.63) is 70.5 Å². The van der Waals surface area contributed by atoms with Crippen LogP contribution in [0.1, 0.15) is 35.2 Å². The summed E-state index contributed by atoms with van der Waals surface area (Å²) in [6.07, 6.45) is 7.58. The van der Waals surface area contributed by atoms with Crippen LogP contribution in [0.3, 0.4) is 0 Å². The maximum Gasteiger partial charge on any atom is 0.0725 e. The van der Waals surface area contributed by atoms with Gasteiger partial charge >= 0.3 is 0 Å². The number of nitrogens with zero attached hydrogens (tertiary/aromatic N) is 1. The number of fused-ring (bicyclic) bond motifs is 3. The minimum Gasteiger partial charge on any atom is -0.376 e. The minimum absolute atomic E-state index is 0.263. The molecule has 21 heavy (non-hydrogen) atoms. The summed E-state index contributed by atoms with van der Waals surface area (Å²) in [5, 5.41) is 4.54. The van der Waals surface area contributed by atoms with Crippen molar-refractivity contribution in [3.63, 3.8) is 0 Å². The molecule has 2 aliphatic rings. The van der Waals surface area contributed by atoms with Gasteiger partial charge in [-0.15, -0.1) is 0 Å². The molecule has 4 rings (SSSR count). The van der Waals surface area contributed by atoms with Crippen molar-refractivity contribution < 1.29 is 0 Å². The van der Waals surface area contributed by atoms with Crippen molar-refractivity contribution in [1.82, 2.24) is 4.98 Å². The van der Waals surface area contributed by atoms with E-state index in [1.54, 1.807) is 0 Å². The summed E-state index contributed by atoms with van der Waals surface area (Å²) in [6.45, 7) is 2.12. The predicted octanol–water partition coefficient (Wildman–Crippen LogP) is 4.87. The van der Waals surface area contributed by atoms with Gasteiger partial charge in [-0.1, -0.05) is 29.8 Å². The van der Waals surface area contributed by atoms with E-state index < -0.39 is 0 Å². The second kappa shape index (κ2) is 4.88. The first kappa shape index (κ1) is 12.9. The quantitative estimate of drug-likeness (QED) is 0.759. The van der Waals surface area contributed by atoms with E-state index in [0.717, 1.165) is 17.1 Å². The van der Waals surface area contributed by atoms with Crippen molar-refractivity contribution in [2.24, 2.45) is 5.92 Å². The average molecular weight is 297 g/mol. The Kier molecular flexibility index (Phi) is 3.00. The number of aryl methyl sites for hydroxylation is 1. The molecule has 1 aromatic heterocycles. The number of halogens is 1. The molecule has 1 aliphatic carbocycles. The highest BCUT2D eigenvalue weighted by Gasteiger charge is 2.39. The lowest BCUT2D eigenvalue weighted by atomic mass is 9.77. The van der Waals surface area contributed by atoms with E-state index in [-0.39, 0.29) is 6.04 Å². The molecule has 1 aromatic carbocycles. The van der Waals surface area contributed by atoms with Gasteiger partial charge < -0.3 is 5.32 Å². The van der Waals surface area contributed by atoms with Crippen molar-refractivity contribution in [1.29, 1.82) is 0 Å². The van der Waals surface area contributed by atoms with Gasteiger partial charge in [0.15, 0.2) is 0 Å². The van der Waals surface area contributed by atoms with Gasteiger partial charge in [-0.3, -0.25) is 4.98 Å². The number of benzene rings is 1. The molecule has 2 aromatic rings. The van der Waals surface area contributed by atoms with Gasteiger partial charge in [0.25, 0.3) is 0 Å². The Balaban J connectivity index is 1.84. The molecule has 1 aliphatic heterocycles. The molecule has 0 unspecified atom stereocenters. The first-order valence-corrected chi connectivity index (χ1v) is 7.76. The van der Waals surface area contributed by atoms with E-state index in [2.05, 4.69) is 47.6 Å². The van der Waals surface area contributed by atoms with E-state index in [1.165, 1.54) is 16.8 Å². The molecule has 0 spiro atoms. The summed E-state index contributed by atoms with van der Waals surface area (Å²) in [4.78, 5) is 4.57. The fraction of sp³-hybridized carbons (Fsp3) is 0.278. The molecular formula is C18H17ClN2. The van der Waals surface area contributed by atoms with Gasteiger partial charge in [0.2, 0.25) is 0 Å². The van der Waals surface area contributed by atoms with Gasteiger partial charge in [0.05, 0.1) is 11.7 Å². The molecule has 0 fully saturated rings. The Morgan fingerprint density at radius 3 is 3.00 bits per heavy atom. The highest BCUT2D eigenvalue weighted by molar-refractivity contribution is 6.30. The summed E-state index contributed by atoms with van der Waals surface area (Å²) in [5.41, 5.74) is 4.88. The summed E-state index contributed by atoms with van der Waals surface area (Å²) in [7, 11) is 0. The lowest BCUT2D eigenvalue weighted by Crippen LogP contribution is -2.30. The lowest BCUT2D eigenvalue weighted by Gasteiger charge is -2.37. The van der Waals surface area contributed by atoms with Crippen LogP contribution in [0.25, 0.3) is 0 Å². The largest absolute Gasteiger partial charge is 0.376 e. The molecule has 0 amide bonds. The predicted molar refractivity (Wildman–Crippen MR) is 86.8 cm³/mol. The molecule has 106 valence electrons. The van der Waals surface area contributed by atoms with E-state index in [1.807, 2.05) is 18.3 Å². The molecule has 0 bridgehead atoms. The van der Waals surface area contributed by atoms with E-state index in [0.29, 0.717) is 11.8 Å². The first-order valence-electron chi connectivity index (χ1n) is 7.38. The number of allylic oxidation sites excluding steroid dienone is 2. The van der Waals surface area contributed by atoms with Gasteiger partial charge in [-0.25, -0.2) is 0 Å². The zero-order valence-electron chi connectivity index (χ0n) is 11.9. The molecule has 3 heteroatoms. The van der Waals surface area contributed by atoms with Crippen LogP contribution in [0.5, 0.6) is 0 Å². The zero-order chi connectivity index (χ0) is 14.4. The number of aromatic nitrogens is 1. The smallest absolute Gasteiger partial charge is 0.0725 e. The lowest BCUT2D eigenvalue weighted by molar-refractivity contribution is 0.418. The average Bonchev–Trinajstić information content (AvgIpc) is 2.97. The van der Waals surface area contributed by atoms with E-state index in [4.69, 9.17) is 11.6 Å². The molecule has 1 N–H and O–H groups in total. The van der Waals surface area contributed by atoms with Crippen LogP contribution >= 0.6 is 11.6 Å². The maximum atomic E-state index is 6.26. The van der Waals surface area contributed by atoms with Crippen LogP contribution < -0.4 is 5.32 Å². The highest BCUT2D eigenvalue weighted by atomic mass is 35.5. The topological polar surface area (TPSA) is 24.9 Å². The second-order valence-corrected chi connectivity index (χ2v) is 6.35. The number of rotatable bonds is 1. The summed E-state index contributed by atoms with van der Waals surface area (Å²) in [6, 6.07) is 10.5. The molecular weight excluding hydrogens is 280 g/mol. The Hall–Kier alpha value is -1.80. The standard InChI is InChI=1S/C18H17ClN2/c1-11-9-12(19)10-15-13-5-4-6-14(13)18(21-17(11)15)16-7-2-3-8-20-16/h2-5,7-10,13-14,18,21H,6H2,1H3/t13-,14-,18-/m0/s1. The molecule has 2 heterocycles. The Bertz CT molecular complexity index is 709. The van der Waals surface area contributed by atoms with Crippen LogP contribution in [0.2, 0.25) is 5.02 Å². The molecule has 0 saturated heterocycles. The monoisotopic (exact) mass is 296 g/mol. The number of nitrogens with one attached hydrogen (secondary N) is 1. The minimum atomic E-state index is 0.263. The summed E-state index contributed by atoms with van der Waals surface area (Å²) >= 11 is 6.26. The normalized spacial score (nSPS) is 26.1. The summed E-state index contributed by atoms with van der Waals surface area (Å²) < 4.78 is 0.